The number of nitrogens with zero attached hydrogens (tertiary/aromatic N) is 1. The second kappa shape index (κ2) is 2.66. The third-order valence-corrected chi connectivity index (χ3v) is 1.51. The summed E-state index contributed by atoms with van der Waals surface area (Å²) in [5.74, 6) is 0.417. The lowest BCUT2D eigenvalue weighted by molar-refractivity contribution is -0.121. The number of hydrogen-bond acceptors (Lipinski definition) is 3. The number of carbonyl (C=O) groups excluding carboxylic acids is 1. The van der Waals surface area contributed by atoms with Gasteiger partial charge in [0.05, 0.1) is 6.20 Å². The molecule has 0 fully saturated rings. The van der Waals surface area contributed by atoms with Crippen LogP contribution in [0.1, 0.15) is 0 Å². The number of nitrogens with one attached hydrogen (secondary N) is 1. The molecule has 1 aromatic heterocycles. The first-order valence-electron chi connectivity index (χ1n) is 2.60. The molecule has 0 saturated heterocycles. The maximum Gasteiger partial charge on any atom is 0.299 e. The molecule has 5 heteroatoms. The number of hydrogen-bond donors (Lipinski definition) is 1. The highest BCUT2D eigenvalue weighted by Crippen LogP contribution is 2.06. The van der Waals surface area contributed by atoms with Crippen LogP contribution in [0.2, 0.25) is 0 Å². The molecule has 0 saturated carbocycles. The largest absolute Gasteiger partial charge is 0.410 e. The van der Waals surface area contributed by atoms with E-state index in [0.29, 0.717) is 17.1 Å². The lowest BCUT2D eigenvalue weighted by Crippen LogP contribution is -1.95. The second-order valence-corrected chi connectivity index (χ2v) is 2.09. The van der Waals surface area contributed by atoms with Crippen LogP contribution in [0.25, 0.3) is 0 Å². The zero-order valence-electron chi connectivity index (χ0n) is 5.33. The van der Waals surface area contributed by atoms with Crippen LogP contribution in [0.4, 0.5) is 0 Å². The minimum atomic E-state index is 0.359. The Balaban J connectivity index is 3.05. The number of aromatic nitrogens is 2. The summed E-state index contributed by atoms with van der Waals surface area (Å²) >= 11 is 4.80. The maximum atomic E-state index is 9.85. The predicted molar refractivity (Wildman–Crippen MR) is 37.3 cm³/mol. The molecule has 54 valence electrons. The van der Waals surface area contributed by atoms with Crippen molar-refractivity contribution in [1.29, 1.82) is 0 Å². The third kappa shape index (κ3) is 1.08. The average molecular weight is 158 g/mol. The number of H-pyrrole nitrogens is 1. The molecule has 1 N–H and O–H groups in total. The Labute approximate surface area is 62.4 Å². The SMILES string of the molecule is Cn1c(OC=O)c[nH]c1=S. The van der Waals surface area contributed by atoms with Gasteiger partial charge in [0.1, 0.15) is 0 Å². The lowest BCUT2D eigenvalue weighted by Gasteiger charge is -1.94. The minimum absolute atomic E-state index is 0.359. The molecule has 1 rings (SSSR count). The average Bonchev–Trinajstić information content (AvgIpc) is 2.20. The van der Waals surface area contributed by atoms with Gasteiger partial charge in [-0.1, -0.05) is 0 Å². The number of imidazole rings is 1. The number of ether oxygens (including phenoxy) is 1. The highest BCUT2D eigenvalue weighted by Gasteiger charge is 1.97. The van der Waals surface area contributed by atoms with Crippen LogP contribution in [-0.2, 0) is 11.8 Å². The van der Waals surface area contributed by atoms with Crippen LogP contribution < -0.4 is 4.74 Å². The smallest absolute Gasteiger partial charge is 0.299 e. The van der Waals surface area contributed by atoms with E-state index in [-0.39, 0.29) is 0 Å². The molecule has 1 heterocycles. The Morgan fingerprint density at radius 2 is 2.60 bits per heavy atom. The van der Waals surface area contributed by atoms with Crippen molar-refractivity contribution in [2.75, 3.05) is 0 Å². The predicted octanol–water partition coefficient (Wildman–Crippen LogP) is 0.618. The Hall–Kier alpha value is -1.10. The first-order chi connectivity index (χ1) is 4.75. The summed E-state index contributed by atoms with van der Waals surface area (Å²) in [7, 11) is 1.71. The molecule has 0 radical (unpaired) electrons. The molecular weight excluding hydrogens is 152 g/mol. The van der Waals surface area contributed by atoms with Crippen molar-refractivity contribution in [3.8, 4) is 5.88 Å². The molecular formula is C5H6N2O2S. The molecule has 0 aliphatic carbocycles. The van der Waals surface area contributed by atoms with Crippen LogP contribution in [0, 0.1) is 4.77 Å². The summed E-state index contributed by atoms with van der Waals surface area (Å²) in [5, 5.41) is 0. The molecule has 4 nitrogen and oxygen atoms in total. The van der Waals surface area contributed by atoms with E-state index in [1.165, 1.54) is 6.20 Å². The summed E-state index contributed by atoms with van der Waals surface area (Å²) < 4.78 is 6.63. The van der Waals surface area contributed by atoms with Crippen molar-refractivity contribution < 1.29 is 9.53 Å². The topological polar surface area (TPSA) is 47.0 Å². The van der Waals surface area contributed by atoms with Crippen molar-refractivity contribution >= 4 is 18.7 Å². The number of aromatic amines is 1. The quantitative estimate of drug-likeness (QED) is 0.507. The lowest BCUT2D eigenvalue weighted by atomic mass is 10.8. The fourth-order valence-corrected chi connectivity index (χ4v) is 0.728. The summed E-state index contributed by atoms with van der Waals surface area (Å²) in [4.78, 5) is 12.6. The first kappa shape index (κ1) is 7.01. The summed E-state index contributed by atoms with van der Waals surface area (Å²) in [6, 6.07) is 0. The minimum Gasteiger partial charge on any atom is -0.410 e. The van der Waals surface area contributed by atoms with Crippen LogP contribution in [0.15, 0.2) is 6.20 Å². The van der Waals surface area contributed by atoms with Crippen molar-refractivity contribution in [3.05, 3.63) is 11.0 Å². The van der Waals surface area contributed by atoms with E-state index in [9.17, 15) is 4.79 Å². The van der Waals surface area contributed by atoms with Gasteiger partial charge >= 0.3 is 0 Å². The Morgan fingerprint density at radius 3 is 3.00 bits per heavy atom. The van der Waals surface area contributed by atoms with Crippen LogP contribution >= 0.6 is 12.2 Å². The molecule has 0 aromatic carbocycles. The van der Waals surface area contributed by atoms with E-state index >= 15 is 0 Å². The van der Waals surface area contributed by atoms with Crippen molar-refractivity contribution in [3.63, 3.8) is 0 Å². The van der Waals surface area contributed by atoms with Crippen LogP contribution in [-0.4, -0.2) is 16.0 Å². The standard InChI is InChI=1S/C5H6N2O2S/c1-7-4(9-3-8)2-6-5(7)10/h2-3H,1H3,(H,6,10). The van der Waals surface area contributed by atoms with E-state index in [2.05, 4.69) is 9.72 Å². The van der Waals surface area contributed by atoms with Gasteiger partial charge in [0.25, 0.3) is 6.47 Å². The van der Waals surface area contributed by atoms with E-state index in [1.807, 2.05) is 0 Å². The van der Waals surface area contributed by atoms with E-state index in [4.69, 9.17) is 12.2 Å². The highest BCUT2D eigenvalue weighted by atomic mass is 32.1. The molecule has 0 bridgehead atoms. The molecule has 10 heavy (non-hydrogen) atoms. The monoisotopic (exact) mass is 158 g/mol. The van der Waals surface area contributed by atoms with Gasteiger partial charge < -0.3 is 9.72 Å². The van der Waals surface area contributed by atoms with Crippen molar-refractivity contribution in [1.82, 2.24) is 9.55 Å². The molecule has 1 aromatic rings. The van der Waals surface area contributed by atoms with E-state index in [0.717, 1.165) is 0 Å². The van der Waals surface area contributed by atoms with Gasteiger partial charge in [-0.15, -0.1) is 0 Å². The second-order valence-electron chi connectivity index (χ2n) is 1.71. The van der Waals surface area contributed by atoms with Crippen LogP contribution in [0.5, 0.6) is 5.88 Å². The Morgan fingerprint density at radius 1 is 1.90 bits per heavy atom. The van der Waals surface area contributed by atoms with Crippen molar-refractivity contribution in [2.45, 2.75) is 0 Å². The summed E-state index contributed by atoms with van der Waals surface area (Å²) in [6.07, 6.45) is 1.52. The third-order valence-electron chi connectivity index (χ3n) is 1.12. The molecule has 0 atom stereocenters. The number of rotatable bonds is 2. The zero-order chi connectivity index (χ0) is 7.56. The van der Waals surface area contributed by atoms with Gasteiger partial charge in [-0.2, -0.15) is 0 Å². The molecule has 0 aliphatic heterocycles. The molecule has 0 unspecified atom stereocenters. The van der Waals surface area contributed by atoms with Gasteiger partial charge in [0, 0.05) is 7.05 Å². The molecule has 0 spiro atoms. The van der Waals surface area contributed by atoms with Crippen LogP contribution in [0.3, 0.4) is 0 Å². The zero-order valence-corrected chi connectivity index (χ0v) is 6.14. The van der Waals surface area contributed by atoms with Gasteiger partial charge in [-0.3, -0.25) is 9.36 Å². The van der Waals surface area contributed by atoms with Gasteiger partial charge in [0.15, 0.2) is 4.77 Å². The van der Waals surface area contributed by atoms with Gasteiger partial charge in [-0.05, 0) is 12.2 Å². The first-order valence-corrected chi connectivity index (χ1v) is 3.01. The molecule has 0 aliphatic rings. The van der Waals surface area contributed by atoms with E-state index < -0.39 is 0 Å². The van der Waals surface area contributed by atoms with E-state index in [1.54, 1.807) is 11.6 Å². The van der Waals surface area contributed by atoms with Gasteiger partial charge in [-0.25, -0.2) is 0 Å². The fraction of sp³-hybridized carbons (Fsp3) is 0.200. The van der Waals surface area contributed by atoms with Gasteiger partial charge in [0.2, 0.25) is 5.88 Å². The molecule has 0 amide bonds. The number of carbonyl (C=O) groups is 1. The normalized spacial score (nSPS) is 9.30. The Bertz CT molecular complexity index is 288. The highest BCUT2D eigenvalue weighted by molar-refractivity contribution is 7.71. The Kier molecular flexibility index (Phi) is 1.86. The van der Waals surface area contributed by atoms with Crippen molar-refractivity contribution in [2.24, 2.45) is 7.05 Å². The summed E-state index contributed by atoms with van der Waals surface area (Å²) in [5.41, 5.74) is 0. The fourth-order valence-electron chi connectivity index (χ4n) is 0.580. The maximum absolute atomic E-state index is 9.85. The summed E-state index contributed by atoms with van der Waals surface area (Å²) in [6.45, 7) is 0.359.